The molecule has 0 saturated heterocycles. The second-order valence-electron chi connectivity index (χ2n) is 6.65. The molecule has 0 spiro atoms. The Kier molecular flexibility index (Phi) is 3.38. The molecule has 2 aliphatic carbocycles. The van der Waals surface area contributed by atoms with Crippen LogP contribution in [0.5, 0.6) is 0 Å². The van der Waals surface area contributed by atoms with Crippen LogP contribution in [0.25, 0.3) is 0 Å². The van der Waals surface area contributed by atoms with Gasteiger partial charge in [-0.1, -0.05) is 6.92 Å². The van der Waals surface area contributed by atoms with E-state index in [1.54, 1.807) is 11.3 Å². The minimum atomic E-state index is 0.400. The third kappa shape index (κ3) is 2.92. The van der Waals surface area contributed by atoms with Crippen molar-refractivity contribution in [2.24, 2.45) is 11.8 Å². The van der Waals surface area contributed by atoms with Crippen molar-refractivity contribution >= 4 is 11.3 Å². The predicted octanol–water partition coefficient (Wildman–Crippen LogP) is 4.41. The topological polar surface area (TPSA) is 38.1 Å². The first kappa shape index (κ1) is 13.5. The second kappa shape index (κ2) is 5.25. The van der Waals surface area contributed by atoms with E-state index < -0.39 is 0 Å². The summed E-state index contributed by atoms with van der Waals surface area (Å²) in [5.41, 5.74) is 1.13. The van der Waals surface area contributed by atoms with Crippen molar-refractivity contribution in [1.29, 1.82) is 0 Å². The van der Waals surface area contributed by atoms with Gasteiger partial charge < -0.3 is 9.73 Å². The molecule has 2 aromatic rings. The molecule has 3 atom stereocenters. The Morgan fingerprint density at radius 2 is 2.24 bits per heavy atom. The highest BCUT2D eigenvalue weighted by Gasteiger charge is 2.37. The number of aromatic nitrogens is 1. The maximum Gasteiger partial charge on any atom is 0.117 e. The van der Waals surface area contributed by atoms with Gasteiger partial charge in [0.25, 0.3) is 0 Å². The first-order valence-electron chi connectivity index (χ1n) is 7.94. The smallest absolute Gasteiger partial charge is 0.117 e. The molecule has 4 rings (SSSR count). The Bertz CT molecular complexity index is 628. The molecule has 0 radical (unpaired) electrons. The molecule has 2 aromatic heterocycles. The molecule has 0 aliphatic heterocycles. The zero-order valence-electron chi connectivity index (χ0n) is 12.6. The van der Waals surface area contributed by atoms with Gasteiger partial charge in [-0.3, -0.25) is 0 Å². The molecule has 2 aliphatic rings. The highest BCUT2D eigenvalue weighted by atomic mass is 32.1. The number of nitrogens with one attached hydrogen (secondary N) is 1. The van der Waals surface area contributed by atoms with Crippen LogP contribution in [0.1, 0.15) is 60.4 Å². The van der Waals surface area contributed by atoms with Crippen molar-refractivity contribution in [3.63, 3.8) is 0 Å². The molecule has 3 nitrogen and oxygen atoms in total. The zero-order chi connectivity index (χ0) is 14.4. The monoisotopic (exact) mass is 302 g/mol. The first-order valence-corrected chi connectivity index (χ1v) is 8.82. The molecule has 4 heteroatoms. The summed E-state index contributed by atoms with van der Waals surface area (Å²) < 4.78 is 5.99. The lowest BCUT2D eigenvalue weighted by molar-refractivity contribution is 0.407. The lowest BCUT2D eigenvalue weighted by Gasteiger charge is -2.14. The van der Waals surface area contributed by atoms with E-state index in [1.165, 1.54) is 30.0 Å². The van der Waals surface area contributed by atoms with Crippen molar-refractivity contribution in [3.8, 4) is 0 Å². The van der Waals surface area contributed by atoms with Gasteiger partial charge in [-0.05, 0) is 50.2 Å². The summed E-state index contributed by atoms with van der Waals surface area (Å²) in [6.07, 6.45) is 3.92. The van der Waals surface area contributed by atoms with E-state index in [4.69, 9.17) is 4.42 Å². The van der Waals surface area contributed by atoms with E-state index in [-0.39, 0.29) is 0 Å². The van der Waals surface area contributed by atoms with Crippen LogP contribution in [0.4, 0.5) is 0 Å². The molecule has 2 saturated carbocycles. The molecule has 0 amide bonds. The number of thiazole rings is 1. The van der Waals surface area contributed by atoms with Crippen LogP contribution in [-0.2, 0) is 6.54 Å². The van der Waals surface area contributed by atoms with E-state index in [0.717, 1.165) is 29.8 Å². The number of rotatable bonds is 6. The molecule has 2 heterocycles. The molecule has 21 heavy (non-hydrogen) atoms. The van der Waals surface area contributed by atoms with Gasteiger partial charge in [0.2, 0.25) is 0 Å². The van der Waals surface area contributed by atoms with E-state index in [2.05, 4.69) is 41.7 Å². The van der Waals surface area contributed by atoms with Gasteiger partial charge in [-0.15, -0.1) is 11.3 Å². The van der Waals surface area contributed by atoms with E-state index in [1.807, 2.05) is 0 Å². The Balaban J connectivity index is 1.41. The summed E-state index contributed by atoms with van der Waals surface area (Å²) in [6.45, 7) is 5.17. The molecular weight excluding hydrogens is 280 g/mol. The molecule has 112 valence electrons. The second-order valence-corrected chi connectivity index (χ2v) is 7.54. The average Bonchev–Trinajstić information content (AvgIpc) is 3.33. The average molecular weight is 302 g/mol. The highest BCUT2D eigenvalue weighted by Crippen LogP contribution is 2.47. The number of furan rings is 1. The lowest BCUT2D eigenvalue weighted by atomic mass is 10.2. The number of hydrogen-bond donors (Lipinski definition) is 1. The summed E-state index contributed by atoms with van der Waals surface area (Å²) >= 11 is 1.78. The standard InChI is InChI=1S/C17H22N2OS/c1-10-7-14(10)15-6-5-13(20-15)8-18-16(12-3-4-12)17-19-11(2)9-21-17/h5-6,9-10,12,14,16,18H,3-4,7-8H2,1-2H3/t10-,14-,16+/m0/s1. The fourth-order valence-corrected chi connectivity index (χ4v) is 3.98. The lowest BCUT2D eigenvalue weighted by Crippen LogP contribution is -2.22. The van der Waals surface area contributed by atoms with Gasteiger partial charge in [-0.25, -0.2) is 4.98 Å². The summed E-state index contributed by atoms with van der Waals surface area (Å²) in [7, 11) is 0. The van der Waals surface area contributed by atoms with Crippen LogP contribution in [0.3, 0.4) is 0 Å². The van der Waals surface area contributed by atoms with Crippen molar-refractivity contribution in [3.05, 3.63) is 39.7 Å². The number of aryl methyl sites for hydroxylation is 1. The van der Waals surface area contributed by atoms with Crippen molar-refractivity contribution < 1.29 is 4.42 Å². The van der Waals surface area contributed by atoms with Gasteiger partial charge in [0.15, 0.2) is 0 Å². The molecule has 0 aromatic carbocycles. The van der Waals surface area contributed by atoms with Gasteiger partial charge >= 0.3 is 0 Å². The third-order valence-corrected chi connectivity index (χ3v) is 5.70. The maximum absolute atomic E-state index is 5.99. The van der Waals surface area contributed by atoms with Crippen LogP contribution >= 0.6 is 11.3 Å². The first-order chi connectivity index (χ1) is 10.2. The molecule has 2 fully saturated rings. The van der Waals surface area contributed by atoms with Crippen LogP contribution in [0.15, 0.2) is 21.9 Å². The normalized spacial score (nSPS) is 26.0. The summed E-state index contributed by atoms with van der Waals surface area (Å²) in [6, 6.07) is 4.69. The fourth-order valence-electron chi connectivity index (χ4n) is 3.02. The quantitative estimate of drug-likeness (QED) is 0.859. The van der Waals surface area contributed by atoms with Crippen LogP contribution < -0.4 is 5.32 Å². The van der Waals surface area contributed by atoms with E-state index >= 15 is 0 Å². The molecule has 1 N–H and O–H groups in total. The Morgan fingerprint density at radius 3 is 2.86 bits per heavy atom. The molecular formula is C17H22N2OS. The van der Waals surface area contributed by atoms with Crippen molar-refractivity contribution in [2.75, 3.05) is 0 Å². The van der Waals surface area contributed by atoms with Crippen LogP contribution in [0, 0.1) is 18.8 Å². The zero-order valence-corrected chi connectivity index (χ0v) is 13.5. The Morgan fingerprint density at radius 1 is 1.43 bits per heavy atom. The summed E-state index contributed by atoms with van der Waals surface area (Å²) in [4.78, 5) is 4.66. The molecule has 0 unspecified atom stereocenters. The molecule has 0 bridgehead atoms. The van der Waals surface area contributed by atoms with E-state index in [0.29, 0.717) is 12.0 Å². The van der Waals surface area contributed by atoms with Gasteiger partial charge in [0, 0.05) is 17.0 Å². The number of hydrogen-bond acceptors (Lipinski definition) is 4. The fraction of sp³-hybridized carbons (Fsp3) is 0.588. The number of nitrogens with zero attached hydrogens (tertiary/aromatic N) is 1. The van der Waals surface area contributed by atoms with E-state index in [9.17, 15) is 0 Å². The van der Waals surface area contributed by atoms with Gasteiger partial charge in [0.1, 0.15) is 16.5 Å². The Labute approximate surface area is 129 Å². The predicted molar refractivity (Wildman–Crippen MR) is 84.4 cm³/mol. The van der Waals surface area contributed by atoms with Crippen molar-refractivity contribution in [2.45, 2.75) is 51.6 Å². The van der Waals surface area contributed by atoms with Gasteiger partial charge in [-0.2, -0.15) is 0 Å². The third-order valence-electron chi connectivity index (χ3n) is 4.65. The summed E-state index contributed by atoms with van der Waals surface area (Å²) in [5, 5.41) is 7.04. The van der Waals surface area contributed by atoms with Gasteiger partial charge in [0.05, 0.1) is 12.6 Å². The SMILES string of the molecule is Cc1csc([C@H](NCc2ccc([C@H]3C[C@@H]3C)o2)C2CC2)n1. The minimum Gasteiger partial charge on any atom is -0.464 e. The van der Waals surface area contributed by atoms with Crippen LogP contribution in [0.2, 0.25) is 0 Å². The summed E-state index contributed by atoms with van der Waals surface area (Å²) in [5.74, 6) is 4.46. The Hall–Kier alpha value is -1.13. The largest absolute Gasteiger partial charge is 0.464 e. The maximum atomic E-state index is 5.99. The van der Waals surface area contributed by atoms with Crippen LogP contribution in [-0.4, -0.2) is 4.98 Å². The highest BCUT2D eigenvalue weighted by molar-refractivity contribution is 7.09. The minimum absolute atomic E-state index is 0.400. The van der Waals surface area contributed by atoms with Crippen molar-refractivity contribution in [1.82, 2.24) is 10.3 Å².